The van der Waals surface area contributed by atoms with Crippen molar-refractivity contribution in [3.8, 4) is 5.75 Å². The van der Waals surface area contributed by atoms with Crippen LogP contribution in [0.25, 0.3) is 0 Å². The molecule has 2 heterocycles. The molecule has 1 amide bonds. The molecule has 3 rings (SSSR count). The lowest BCUT2D eigenvalue weighted by molar-refractivity contribution is 0.0940. The van der Waals surface area contributed by atoms with Gasteiger partial charge < -0.3 is 15.4 Å². The van der Waals surface area contributed by atoms with E-state index in [0.717, 1.165) is 35.5 Å². The van der Waals surface area contributed by atoms with E-state index < -0.39 is 0 Å². The second-order valence-corrected chi connectivity index (χ2v) is 7.31. The molecule has 1 aliphatic rings. The number of carbonyl (C=O) groups excluding carboxylic acids is 1. The Bertz CT molecular complexity index is 752. The van der Waals surface area contributed by atoms with Gasteiger partial charge in [0.1, 0.15) is 12.4 Å². The van der Waals surface area contributed by atoms with E-state index in [1.54, 1.807) is 0 Å². The van der Waals surface area contributed by atoms with Crippen LogP contribution in [0.15, 0.2) is 24.3 Å². The highest BCUT2D eigenvalue weighted by molar-refractivity contribution is 5.94. The standard InChI is InChI=1S/C19H26N4O2.ClH/c1-19(2,3)14-6-4-5-7-16(14)25-11-10-21-18(24)17-13-12-20-9-8-15(13)22-23-17;/h4-7,20H,8-12H2,1-3H3,(H,21,24)(H,22,23);1H. The number of para-hydroxylation sites is 1. The number of fused-ring (bicyclic) bond motifs is 1. The van der Waals surface area contributed by atoms with Crippen molar-refractivity contribution in [2.75, 3.05) is 19.7 Å². The molecule has 0 bridgehead atoms. The molecular formula is C19H27ClN4O2. The minimum absolute atomic E-state index is 0. The average molecular weight is 379 g/mol. The van der Waals surface area contributed by atoms with E-state index in [4.69, 9.17) is 4.74 Å². The fourth-order valence-corrected chi connectivity index (χ4v) is 3.03. The molecule has 0 saturated heterocycles. The van der Waals surface area contributed by atoms with E-state index in [-0.39, 0.29) is 23.7 Å². The van der Waals surface area contributed by atoms with Gasteiger partial charge in [-0.05, 0) is 17.0 Å². The van der Waals surface area contributed by atoms with Crippen LogP contribution >= 0.6 is 12.4 Å². The van der Waals surface area contributed by atoms with Gasteiger partial charge in [0.25, 0.3) is 5.91 Å². The van der Waals surface area contributed by atoms with Crippen LogP contribution in [0, 0.1) is 0 Å². The maximum absolute atomic E-state index is 12.3. The molecule has 0 spiro atoms. The average Bonchev–Trinajstić information content (AvgIpc) is 3.02. The number of rotatable bonds is 5. The van der Waals surface area contributed by atoms with Crippen LogP contribution in [0.5, 0.6) is 5.75 Å². The zero-order valence-corrected chi connectivity index (χ0v) is 16.3. The van der Waals surface area contributed by atoms with Crippen LogP contribution in [-0.4, -0.2) is 35.8 Å². The summed E-state index contributed by atoms with van der Waals surface area (Å²) >= 11 is 0. The molecule has 0 unspecified atom stereocenters. The van der Waals surface area contributed by atoms with Crippen molar-refractivity contribution in [3.05, 3.63) is 46.8 Å². The summed E-state index contributed by atoms with van der Waals surface area (Å²) in [5.41, 5.74) is 3.69. The Morgan fingerprint density at radius 1 is 1.31 bits per heavy atom. The van der Waals surface area contributed by atoms with Gasteiger partial charge in [-0.2, -0.15) is 5.10 Å². The van der Waals surface area contributed by atoms with E-state index in [9.17, 15) is 4.79 Å². The van der Waals surface area contributed by atoms with Crippen LogP contribution in [0.4, 0.5) is 0 Å². The van der Waals surface area contributed by atoms with E-state index in [2.05, 4.69) is 47.7 Å². The molecule has 3 N–H and O–H groups in total. The lowest BCUT2D eigenvalue weighted by Crippen LogP contribution is -2.31. The fraction of sp³-hybridized carbons (Fsp3) is 0.474. The molecular weight excluding hydrogens is 352 g/mol. The Kier molecular flexibility index (Phi) is 6.67. The number of hydrogen-bond acceptors (Lipinski definition) is 4. The highest BCUT2D eigenvalue weighted by Crippen LogP contribution is 2.30. The smallest absolute Gasteiger partial charge is 0.272 e. The van der Waals surface area contributed by atoms with Crippen molar-refractivity contribution in [2.45, 2.75) is 39.2 Å². The molecule has 0 saturated carbocycles. The quantitative estimate of drug-likeness (QED) is 0.699. The van der Waals surface area contributed by atoms with Gasteiger partial charge in [-0.15, -0.1) is 12.4 Å². The third kappa shape index (κ3) is 4.56. The number of halogens is 1. The SMILES string of the molecule is CC(C)(C)c1ccccc1OCCNC(=O)c1n[nH]c2c1CNCC2.Cl. The molecule has 0 aliphatic carbocycles. The summed E-state index contributed by atoms with van der Waals surface area (Å²) in [5, 5.41) is 13.3. The Morgan fingerprint density at radius 3 is 2.85 bits per heavy atom. The van der Waals surface area contributed by atoms with Crippen LogP contribution in [0.3, 0.4) is 0 Å². The summed E-state index contributed by atoms with van der Waals surface area (Å²) in [6, 6.07) is 8.03. The lowest BCUT2D eigenvalue weighted by atomic mass is 9.86. The number of benzene rings is 1. The van der Waals surface area contributed by atoms with Gasteiger partial charge in [-0.25, -0.2) is 0 Å². The fourth-order valence-electron chi connectivity index (χ4n) is 3.03. The monoisotopic (exact) mass is 378 g/mol. The number of aromatic nitrogens is 2. The van der Waals surface area contributed by atoms with Gasteiger partial charge in [0.2, 0.25) is 0 Å². The molecule has 26 heavy (non-hydrogen) atoms. The van der Waals surface area contributed by atoms with Crippen molar-refractivity contribution in [3.63, 3.8) is 0 Å². The largest absolute Gasteiger partial charge is 0.491 e. The predicted molar refractivity (Wildman–Crippen MR) is 104 cm³/mol. The first-order chi connectivity index (χ1) is 12.0. The van der Waals surface area contributed by atoms with Crippen molar-refractivity contribution in [1.29, 1.82) is 0 Å². The van der Waals surface area contributed by atoms with Crippen molar-refractivity contribution in [2.24, 2.45) is 0 Å². The molecule has 1 aromatic carbocycles. The molecule has 0 atom stereocenters. The number of aromatic amines is 1. The summed E-state index contributed by atoms with van der Waals surface area (Å²) in [5.74, 6) is 0.708. The number of nitrogens with zero attached hydrogens (tertiary/aromatic N) is 1. The van der Waals surface area contributed by atoms with Crippen molar-refractivity contribution in [1.82, 2.24) is 20.8 Å². The second kappa shape index (κ2) is 8.56. The minimum atomic E-state index is -0.158. The van der Waals surface area contributed by atoms with Crippen LogP contribution < -0.4 is 15.4 Å². The summed E-state index contributed by atoms with van der Waals surface area (Å²) in [4.78, 5) is 12.3. The summed E-state index contributed by atoms with van der Waals surface area (Å²) in [6.07, 6.45) is 0.877. The Balaban J connectivity index is 0.00000243. The molecule has 0 radical (unpaired) electrons. The third-order valence-corrected chi connectivity index (χ3v) is 4.36. The zero-order chi connectivity index (χ0) is 17.9. The Morgan fingerprint density at radius 2 is 2.08 bits per heavy atom. The van der Waals surface area contributed by atoms with Crippen molar-refractivity contribution < 1.29 is 9.53 Å². The maximum Gasteiger partial charge on any atom is 0.272 e. The maximum atomic E-state index is 12.3. The van der Waals surface area contributed by atoms with E-state index in [1.807, 2.05) is 18.2 Å². The molecule has 1 aromatic heterocycles. The highest BCUT2D eigenvalue weighted by Gasteiger charge is 2.21. The van der Waals surface area contributed by atoms with Gasteiger partial charge in [0.05, 0.1) is 6.54 Å². The first kappa shape index (κ1) is 20.3. The normalized spacial score (nSPS) is 13.5. The number of carbonyl (C=O) groups is 1. The number of hydrogen-bond donors (Lipinski definition) is 3. The summed E-state index contributed by atoms with van der Waals surface area (Å²) < 4.78 is 5.89. The third-order valence-electron chi connectivity index (χ3n) is 4.36. The van der Waals surface area contributed by atoms with E-state index >= 15 is 0 Å². The second-order valence-electron chi connectivity index (χ2n) is 7.31. The predicted octanol–water partition coefficient (Wildman–Crippen LogP) is 2.58. The summed E-state index contributed by atoms with van der Waals surface area (Å²) in [6.45, 7) is 8.93. The Labute approximate surface area is 160 Å². The van der Waals surface area contributed by atoms with Gasteiger partial charge in [-0.1, -0.05) is 39.0 Å². The number of nitrogens with one attached hydrogen (secondary N) is 3. The molecule has 142 valence electrons. The lowest BCUT2D eigenvalue weighted by Gasteiger charge is -2.22. The number of H-pyrrole nitrogens is 1. The van der Waals surface area contributed by atoms with Gasteiger partial charge in [0.15, 0.2) is 5.69 Å². The van der Waals surface area contributed by atoms with Gasteiger partial charge >= 0.3 is 0 Å². The molecule has 7 heteroatoms. The first-order valence-electron chi connectivity index (χ1n) is 8.74. The van der Waals surface area contributed by atoms with Crippen molar-refractivity contribution >= 4 is 18.3 Å². The molecule has 0 fully saturated rings. The molecule has 2 aromatic rings. The van der Waals surface area contributed by atoms with E-state index in [0.29, 0.717) is 25.4 Å². The summed E-state index contributed by atoms with van der Waals surface area (Å²) in [7, 11) is 0. The van der Waals surface area contributed by atoms with Crippen LogP contribution in [-0.2, 0) is 18.4 Å². The minimum Gasteiger partial charge on any atom is -0.491 e. The van der Waals surface area contributed by atoms with Crippen LogP contribution in [0.2, 0.25) is 0 Å². The number of ether oxygens (including phenoxy) is 1. The Hall–Kier alpha value is -2.05. The zero-order valence-electron chi connectivity index (χ0n) is 15.5. The van der Waals surface area contributed by atoms with Gasteiger partial charge in [0, 0.05) is 30.8 Å². The topological polar surface area (TPSA) is 79.0 Å². The highest BCUT2D eigenvalue weighted by atomic mass is 35.5. The van der Waals surface area contributed by atoms with Crippen LogP contribution in [0.1, 0.15) is 48.1 Å². The van der Waals surface area contributed by atoms with E-state index in [1.165, 1.54) is 0 Å². The van der Waals surface area contributed by atoms with Gasteiger partial charge in [-0.3, -0.25) is 9.89 Å². The first-order valence-corrected chi connectivity index (χ1v) is 8.74. The molecule has 6 nitrogen and oxygen atoms in total. The number of amides is 1. The molecule has 1 aliphatic heterocycles.